The zero-order valence-electron chi connectivity index (χ0n) is 12.7. The summed E-state index contributed by atoms with van der Waals surface area (Å²) in [4.78, 5) is 2.46. The standard InChI is InChI=1S/C16H25BrN2O/c1-4-6-19(16(2,3)11-18)10-13-9-14(17)8-12-5-7-20-15(12)13/h8-9H,4-7,10-11,18H2,1-3H3. The molecule has 0 aromatic heterocycles. The number of nitrogens with zero attached hydrogens (tertiary/aromatic N) is 1. The second-order valence-corrected chi connectivity index (χ2v) is 7.01. The van der Waals surface area contributed by atoms with Gasteiger partial charge in [-0.2, -0.15) is 0 Å². The molecule has 112 valence electrons. The van der Waals surface area contributed by atoms with E-state index in [1.165, 1.54) is 11.1 Å². The number of benzene rings is 1. The van der Waals surface area contributed by atoms with Gasteiger partial charge in [0.1, 0.15) is 5.75 Å². The van der Waals surface area contributed by atoms with E-state index in [0.717, 1.165) is 42.8 Å². The molecule has 0 aliphatic carbocycles. The summed E-state index contributed by atoms with van der Waals surface area (Å²) < 4.78 is 6.97. The highest BCUT2D eigenvalue weighted by Gasteiger charge is 2.27. The molecule has 20 heavy (non-hydrogen) atoms. The fourth-order valence-electron chi connectivity index (χ4n) is 2.66. The molecule has 0 saturated carbocycles. The predicted octanol–water partition coefficient (Wildman–Crippen LogP) is 3.33. The average Bonchev–Trinajstić information content (AvgIpc) is 2.86. The minimum Gasteiger partial charge on any atom is -0.493 e. The van der Waals surface area contributed by atoms with Crippen molar-refractivity contribution in [2.24, 2.45) is 5.73 Å². The highest BCUT2D eigenvalue weighted by molar-refractivity contribution is 9.10. The second kappa shape index (κ2) is 6.46. The largest absolute Gasteiger partial charge is 0.493 e. The van der Waals surface area contributed by atoms with Crippen LogP contribution in [0, 0.1) is 0 Å². The number of hydrogen-bond acceptors (Lipinski definition) is 3. The highest BCUT2D eigenvalue weighted by atomic mass is 79.9. The zero-order chi connectivity index (χ0) is 14.8. The van der Waals surface area contributed by atoms with Crippen molar-refractivity contribution in [3.8, 4) is 5.75 Å². The number of hydrogen-bond donors (Lipinski definition) is 1. The van der Waals surface area contributed by atoms with Gasteiger partial charge in [0.2, 0.25) is 0 Å². The monoisotopic (exact) mass is 340 g/mol. The van der Waals surface area contributed by atoms with Crippen LogP contribution in [0.4, 0.5) is 0 Å². The first-order chi connectivity index (χ1) is 9.47. The summed E-state index contributed by atoms with van der Waals surface area (Å²) >= 11 is 3.61. The lowest BCUT2D eigenvalue weighted by Gasteiger charge is -2.38. The summed E-state index contributed by atoms with van der Waals surface area (Å²) in [5.74, 6) is 1.09. The quantitative estimate of drug-likeness (QED) is 0.863. The molecule has 0 saturated heterocycles. The van der Waals surface area contributed by atoms with Gasteiger partial charge in [0.05, 0.1) is 6.61 Å². The summed E-state index contributed by atoms with van der Waals surface area (Å²) in [6.07, 6.45) is 2.14. The van der Waals surface area contributed by atoms with E-state index in [4.69, 9.17) is 10.5 Å². The molecule has 0 spiro atoms. The fraction of sp³-hybridized carbons (Fsp3) is 0.625. The first-order valence-corrected chi connectivity index (χ1v) is 8.16. The van der Waals surface area contributed by atoms with Crippen LogP contribution in [0.5, 0.6) is 5.75 Å². The summed E-state index contributed by atoms with van der Waals surface area (Å²) in [7, 11) is 0. The second-order valence-electron chi connectivity index (χ2n) is 6.09. The van der Waals surface area contributed by atoms with Crippen molar-refractivity contribution < 1.29 is 4.74 Å². The lowest BCUT2D eigenvalue weighted by Crippen LogP contribution is -2.49. The third-order valence-corrected chi connectivity index (χ3v) is 4.49. The van der Waals surface area contributed by atoms with Gasteiger partial charge in [-0.3, -0.25) is 4.90 Å². The number of nitrogens with two attached hydrogens (primary N) is 1. The molecule has 3 nitrogen and oxygen atoms in total. The zero-order valence-corrected chi connectivity index (χ0v) is 14.3. The van der Waals surface area contributed by atoms with E-state index in [9.17, 15) is 0 Å². The van der Waals surface area contributed by atoms with Crippen LogP contribution >= 0.6 is 15.9 Å². The molecule has 4 heteroatoms. The Balaban J connectivity index is 2.27. The lowest BCUT2D eigenvalue weighted by atomic mass is 10.0. The predicted molar refractivity (Wildman–Crippen MR) is 87.2 cm³/mol. The van der Waals surface area contributed by atoms with Crippen LogP contribution in [0.15, 0.2) is 16.6 Å². The van der Waals surface area contributed by atoms with Crippen molar-refractivity contribution in [2.75, 3.05) is 19.7 Å². The summed E-state index contributed by atoms with van der Waals surface area (Å²) in [6, 6.07) is 4.35. The van der Waals surface area contributed by atoms with Gasteiger partial charge < -0.3 is 10.5 Å². The minimum absolute atomic E-state index is 0.00378. The fourth-order valence-corrected chi connectivity index (χ4v) is 3.22. The van der Waals surface area contributed by atoms with E-state index < -0.39 is 0 Å². The molecular weight excluding hydrogens is 316 g/mol. The number of rotatable bonds is 6. The highest BCUT2D eigenvalue weighted by Crippen LogP contribution is 2.34. The van der Waals surface area contributed by atoms with Gasteiger partial charge in [-0.1, -0.05) is 22.9 Å². The molecular formula is C16H25BrN2O. The maximum absolute atomic E-state index is 5.95. The van der Waals surface area contributed by atoms with Gasteiger partial charge in [0, 0.05) is 35.1 Å². The van der Waals surface area contributed by atoms with Crippen molar-refractivity contribution >= 4 is 15.9 Å². The van der Waals surface area contributed by atoms with Crippen LogP contribution in [0.1, 0.15) is 38.3 Å². The molecule has 0 unspecified atom stereocenters. The Bertz CT molecular complexity index is 474. The lowest BCUT2D eigenvalue weighted by molar-refractivity contribution is 0.117. The molecule has 2 rings (SSSR count). The van der Waals surface area contributed by atoms with Gasteiger partial charge in [0.25, 0.3) is 0 Å². The van der Waals surface area contributed by atoms with Gasteiger partial charge in [0.15, 0.2) is 0 Å². The Kier molecular flexibility index (Phi) is 5.10. The van der Waals surface area contributed by atoms with Gasteiger partial charge >= 0.3 is 0 Å². The average molecular weight is 341 g/mol. The summed E-state index contributed by atoms with van der Waals surface area (Å²) in [5.41, 5.74) is 8.54. The number of fused-ring (bicyclic) bond motifs is 1. The van der Waals surface area contributed by atoms with E-state index in [1.807, 2.05) is 0 Å². The van der Waals surface area contributed by atoms with E-state index in [1.54, 1.807) is 0 Å². The van der Waals surface area contributed by atoms with Crippen LogP contribution in [-0.2, 0) is 13.0 Å². The molecule has 1 aromatic carbocycles. The van der Waals surface area contributed by atoms with Crippen LogP contribution in [-0.4, -0.2) is 30.1 Å². The Labute approximate surface area is 130 Å². The third-order valence-electron chi connectivity index (χ3n) is 4.04. The molecule has 1 heterocycles. The van der Waals surface area contributed by atoms with Crippen molar-refractivity contribution in [3.63, 3.8) is 0 Å². The van der Waals surface area contributed by atoms with E-state index in [0.29, 0.717) is 6.54 Å². The third kappa shape index (κ3) is 3.35. The Morgan fingerprint density at radius 1 is 1.40 bits per heavy atom. The van der Waals surface area contributed by atoms with Crippen LogP contribution in [0.3, 0.4) is 0 Å². The maximum Gasteiger partial charge on any atom is 0.127 e. The molecule has 0 radical (unpaired) electrons. The normalized spacial score (nSPS) is 14.5. The smallest absolute Gasteiger partial charge is 0.127 e. The number of halogens is 1. The van der Waals surface area contributed by atoms with Crippen molar-refractivity contribution in [3.05, 3.63) is 27.7 Å². The van der Waals surface area contributed by atoms with Gasteiger partial charge in [-0.25, -0.2) is 0 Å². The van der Waals surface area contributed by atoms with Crippen molar-refractivity contribution in [1.29, 1.82) is 0 Å². The molecule has 1 aliphatic rings. The van der Waals surface area contributed by atoms with E-state index in [-0.39, 0.29) is 5.54 Å². The topological polar surface area (TPSA) is 38.5 Å². The summed E-state index contributed by atoms with van der Waals surface area (Å²) in [6.45, 7) is 10.0. The van der Waals surface area contributed by atoms with Gasteiger partial charge in [-0.05, 0) is 44.5 Å². The summed E-state index contributed by atoms with van der Waals surface area (Å²) in [5, 5.41) is 0. The van der Waals surface area contributed by atoms with Crippen molar-refractivity contribution in [1.82, 2.24) is 4.90 Å². The molecule has 0 amide bonds. The molecule has 2 N–H and O–H groups in total. The maximum atomic E-state index is 5.95. The van der Waals surface area contributed by atoms with E-state index in [2.05, 4.69) is 53.7 Å². The molecule has 0 bridgehead atoms. The first kappa shape index (κ1) is 15.8. The Morgan fingerprint density at radius 3 is 2.80 bits per heavy atom. The van der Waals surface area contributed by atoms with Crippen LogP contribution < -0.4 is 10.5 Å². The number of ether oxygens (including phenoxy) is 1. The molecule has 0 fully saturated rings. The molecule has 0 atom stereocenters. The molecule has 1 aliphatic heterocycles. The van der Waals surface area contributed by atoms with Crippen LogP contribution in [0.2, 0.25) is 0 Å². The van der Waals surface area contributed by atoms with Gasteiger partial charge in [-0.15, -0.1) is 0 Å². The van der Waals surface area contributed by atoms with E-state index >= 15 is 0 Å². The van der Waals surface area contributed by atoms with Crippen molar-refractivity contribution in [2.45, 2.75) is 45.7 Å². The Hall–Kier alpha value is -0.580. The minimum atomic E-state index is 0.00378. The SMILES string of the molecule is CCCN(Cc1cc(Br)cc2c1OCC2)C(C)(C)CN. The first-order valence-electron chi connectivity index (χ1n) is 7.37. The van der Waals surface area contributed by atoms with Crippen LogP contribution in [0.25, 0.3) is 0 Å². The molecule has 1 aromatic rings. The Morgan fingerprint density at radius 2 is 2.15 bits per heavy atom.